The molecule has 5 nitrogen and oxygen atoms in total. The van der Waals surface area contributed by atoms with E-state index in [-0.39, 0.29) is 5.91 Å². The number of rotatable bonds is 7. The van der Waals surface area contributed by atoms with Gasteiger partial charge < -0.3 is 20.7 Å². The Morgan fingerprint density at radius 3 is 2.81 bits per heavy atom. The highest BCUT2D eigenvalue weighted by Gasteiger charge is 2.11. The molecule has 0 unspecified atom stereocenters. The van der Waals surface area contributed by atoms with Crippen molar-refractivity contribution in [1.82, 2.24) is 10.2 Å². The van der Waals surface area contributed by atoms with Gasteiger partial charge in [0, 0.05) is 12.1 Å². The van der Waals surface area contributed by atoms with Gasteiger partial charge in [0.2, 0.25) is 0 Å². The second-order valence-corrected chi connectivity index (χ2v) is 5.47. The van der Waals surface area contributed by atoms with Crippen LogP contribution in [-0.4, -0.2) is 44.1 Å². The van der Waals surface area contributed by atoms with Crippen molar-refractivity contribution in [3.05, 3.63) is 23.8 Å². The van der Waals surface area contributed by atoms with Gasteiger partial charge in [0.05, 0.1) is 12.8 Å². The van der Waals surface area contributed by atoms with Gasteiger partial charge in [-0.1, -0.05) is 0 Å². The van der Waals surface area contributed by atoms with Gasteiger partial charge in [-0.2, -0.15) is 0 Å². The van der Waals surface area contributed by atoms with E-state index in [0.29, 0.717) is 23.5 Å². The van der Waals surface area contributed by atoms with Crippen molar-refractivity contribution >= 4 is 11.6 Å². The summed E-state index contributed by atoms with van der Waals surface area (Å²) in [6.45, 7) is 4.32. The maximum absolute atomic E-state index is 12.0. The number of carbonyl (C=O) groups excluding carboxylic acids is 1. The van der Waals surface area contributed by atoms with E-state index in [0.717, 1.165) is 19.4 Å². The fraction of sp³-hybridized carbons (Fsp3) is 0.562. The van der Waals surface area contributed by atoms with E-state index in [9.17, 15) is 4.79 Å². The number of ether oxygens (including phenoxy) is 1. The molecular formula is C16H25N3O2. The summed E-state index contributed by atoms with van der Waals surface area (Å²) in [5.41, 5.74) is 6.86. The summed E-state index contributed by atoms with van der Waals surface area (Å²) in [7, 11) is 1.55. The van der Waals surface area contributed by atoms with E-state index in [4.69, 9.17) is 10.5 Å². The van der Waals surface area contributed by atoms with Crippen LogP contribution < -0.4 is 15.8 Å². The molecule has 1 aromatic carbocycles. The Labute approximate surface area is 126 Å². The summed E-state index contributed by atoms with van der Waals surface area (Å²) in [5.74, 6) is 0.464. The number of unbranched alkanes of at least 4 members (excludes halogenated alkanes) is 1. The van der Waals surface area contributed by atoms with Crippen molar-refractivity contribution in [2.24, 2.45) is 0 Å². The van der Waals surface area contributed by atoms with Crippen LogP contribution in [0.2, 0.25) is 0 Å². The Morgan fingerprint density at radius 2 is 2.10 bits per heavy atom. The maximum atomic E-state index is 12.0. The fourth-order valence-electron chi connectivity index (χ4n) is 2.62. The molecule has 0 aliphatic carbocycles. The molecule has 1 aliphatic heterocycles. The second-order valence-electron chi connectivity index (χ2n) is 5.47. The number of hydrogen-bond donors (Lipinski definition) is 2. The molecule has 1 aromatic rings. The minimum atomic E-state index is -0.0746. The van der Waals surface area contributed by atoms with Gasteiger partial charge in [0.15, 0.2) is 0 Å². The molecule has 1 saturated heterocycles. The van der Waals surface area contributed by atoms with Crippen LogP contribution in [0, 0.1) is 0 Å². The summed E-state index contributed by atoms with van der Waals surface area (Å²) in [6.07, 6.45) is 4.80. The number of nitrogens with one attached hydrogen (secondary N) is 1. The number of carbonyl (C=O) groups is 1. The van der Waals surface area contributed by atoms with Gasteiger partial charge >= 0.3 is 0 Å². The summed E-state index contributed by atoms with van der Waals surface area (Å²) in [6, 6.07) is 5.09. The molecule has 0 radical (unpaired) electrons. The summed E-state index contributed by atoms with van der Waals surface area (Å²) >= 11 is 0. The number of amides is 1. The third-order valence-corrected chi connectivity index (χ3v) is 3.88. The Balaban J connectivity index is 1.69. The van der Waals surface area contributed by atoms with Crippen molar-refractivity contribution in [2.45, 2.75) is 25.7 Å². The normalized spacial score (nSPS) is 15.1. The van der Waals surface area contributed by atoms with Gasteiger partial charge in [-0.15, -0.1) is 0 Å². The first kappa shape index (κ1) is 15.6. The first-order chi connectivity index (χ1) is 10.2. The molecule has 0 spiro atoms. The van der Waals surface area contributed by atoms with Gasteiger partial charge in [-0.3, -0.25) is 4.79 Å². The van der Waals surface area contributed by atoms with Gasteiger partial charge in [-0.25, -0.2) is 0 Å². The van der Waals surface area contributed by atoms with Crippen LogP contribution in [0.1, 0.15) is 36.0 Å². The molecule has 0 bridgehead atoms. The van der Waals surface area contributed by atoms with E-state index in [1.807, 2.05) is 0 Å². The predicted octanol–water partition coefficient (Wildman–Crippen LogP) is 1.88. The molecule has 3 N–H and O–H groups in total. The van der Waals surface area contributed by atoms with Crippen molar-refractivity contribution in [1.29, 1.82) is 0 Å². The first-order valence-corrected chi connectivity index (χ1v) is 7.65. The van der Waals surface area contributed by atoms with Crippen LogP contribution >= 0.6 is 0 Å². The Kier molecular flexibility index (Phi) is 5.87. The zero-order valence-electron chi connectivity index (χ0n) is 12.7. The SMILES string of the molecule is COc1cc(C(=O)NCCCCN2CCCC2)ccc1N. The third-order valence-electron chi connectivity index (χ3n) is 3.88. The molecule has 1 heterocycles. The summed E-state index contributed by atoms with van der Waals surface area (Å²) in [5, 5.41) is 2.94. The zero-order valence-corrected chi connectivity index (χ0v) is 12.7. The Bertz CT molecular complexity index is 471. The van der Waals surface area contributed by atoms with Crippen LogP contribution in [0.3, 0.4) is 0 Å². The lowest BCUT2D eigenvalue weighted by molar-refractivity contribution is 0.0952. The number of hydrogen-bond acceptors (Lipinski definition) is 4. The smallest absolute Gasteiger partial charge is 0.251 e. The highest BCUT2D eigenvalue weighted by atomic mass is 16.5. The molecule has 1 amide bonds. The minimum Gasteiger partial charge on any atom is -0.495 e. The molecular weight excluding hydrogens is 266 g/mol. The topological polar surface area (TPSA) is 67.6 Å². The molecule has 1 fully saturated rings. The van der Waals surface area contributed by atoms with E-state index < -0.39 is 0 Å². The molecule has 0 atom stereocenters. The largest absolute Gasteiger partial charge is 0.495 e. The van der Waals surface area contributed by atoms with Crippen LogP contribution in [-0.2, 0) is 0 Å². The monoisotopic (exact) mass is 291 g/mol. The predicted molar refractivity (Wildman–Crippen MR) is 84.6 cm³/mol. The Hall–Kier alpha value is -1.75. The first-order valence-electron chi connectivity index (χ1n) is 7.65. The molecule has 2 rings (SSSR count). The standard InChI is InChI=1S/C16H25N3O2/c1-21-15-12-13(6-7-14(15)17)16(20)18-8-2-3-9-19-10-4-5-11-19/h6-7,12H,2-5,8-11,17H2,1H3,(H,18,20). The lowest BCUT2D eigenvalue weighted by Gasteiger charge is -2.14. The Morgan fingerprint density at radius 1 is 1.33 bits per heavy atom. The number of nitrogen functional groups attached to an aromatic ring is 1. The average Bonchev–Trinajstić information content (AvgIpc) is 3.00. The maximum Gasteiger partial charge on any atom is 0.251 e. The summed E-state index contributed by atoms with van der Waals surface area (Å²) < 4.78 is 5.13. The molecule has 1 aliphatic rings. The number of nitrogens with two attached hydrogens (primary N) is 1. The van der Waals surface area contributed by atoms with Crippen molar-refractivity contribution in [2.75, 3.05) is 39.0 Å². The number of methoxy groups -OCH3 is 1. The molecule has 5 heteroatoms. The third kappa shape index (κ3) is 4.63. The molecule has 21 heavy (non-hydrogen) atoms. The average molecular weight is 291 g/mol. The quantitative estimate of drug-likeness (QED) is 0.594. The summed E-state index contributed by atoms with van der Waals surface area (Å²) in [4.78, 5) is 14.5. The van der Waals surface area contributed by atoms with Gasteiger partial charge in [-0.05, 0) is 63.5 Å². The second kappa shape index (κ2) is 7.88. The van der Waals surface area contributed by atoms with Crippen LogP contribution in [0.15, 0.2) is 18.2 Å². The lowest BCUT2D eigenvalue weighted by Crippen LogP contribution is -2.26. The van der Waals surface area contributed by atoms with Crippen LogP contribution in [0.5, 0.6) is 5.75 Å². The minimum absolute atomic E-state index is 0.0746. The van der Waals surface area contributed by atoms with Crippen LogP contribution in [0.25, 0.3) is 0 Å². The number of benzene rings is 1. The van der Waals surface area contributed by atoms with E-state index >= 15 is 0 Å². The lowest BCUT2D eigenvalue weighted by atomic mass is 10.1. The molecule has 0 aromatic heterocycles. The molecule has 0 saturated carbocycles. The van der Waals surface area contributed by atoms with E-state index in [1.165, 1.54) is 25.9 Å². The number of likely N-dealkylation sites (tertiary alicyclic amines) is 1. The highest BCUT2D eigenvalue weighted by Crippen LogP contribution is 2.21. The number of anilines is 1. The number of nitrogens with zero attached hydrogens (tertiary/aromatic N) is 1. The van der Waals surface area contributed by atoms with E-state index in [2.05, 4.69) is 10.2 Å². The van der Waals surface area contributed by atoms with Gasteiger partial charge in [0.25, 0.3) is 5.91 Å². The van der Waals surface area contributed by atoms with Crippen LogP contribution in [0.4, 0.5) is 5.69 Å². The van der Waals surface area contributed by atoms with Gasteiger partial charge in [0.1, 0.15) is 5.75 Å². The van der Waals surface area contributed by atoms with E-state index in [1.54, 1.807) is 25.3 Å². The zero-order chi connectivity index (χ0) is 15.1. The molecule has 116 valence electrons. The highest BCUT2D eigenvalue weighted by molar-refractivity contribution is 5.95. The fourth-order valence-corrected chi connectivity index (χ4v) is 2.62. The van der Waals surface area contributed by atoms with Crippen molar-refractivity contribution in [3.63, 3.8) is 0 Å². The van der Waals surface area contributed by atoms with Crippen molar-refractivity contribution in [3.8, 4) is 5.75 Å². The van der Waals surface area contributed by atoms with Crippen molar-refractivity contribution < 1.29 is 9.53 Å².